The van der Waals surface area contributed by atoms with Crippen molar-refractivity contribution in [3.63, 3.8) is 0 Å². The van der Waals surface area contributed by atoms with E-state index in [1.54, 1.807) is 0 Å². The molecule has 1 aliphatic carbocycles. The van der Waals surface area contributed by atoms with Gasteiger partial charge in [-0.05, 0) is 32.9 Å². The van der Waals surface area contributed by atoms with E-state index in [0.29, 0.717) is 18.2 Å². The van der Waals surface area contributed by atoms with Gasteiger partial charge in [0, 0.05) is 12.5 Å². The molecule has 62 valence electrons. The summed E-state index contributed by atoms with van der Waals surface area (Å²) in [6.07, 6.45) is 1.69. The predicted molar refractivity (Wildman–Crippen MR) is 45.5 cm³/mol. The van der Waals surface area contributed by atoms with Gasteiger partial charge in [0.1, 0.15) is 0 Å². The van der Waals surface area contributed by atoms with E-state index in [-0.39, 0.29) is 0 Å². The Bertz CT molecular complexity index is 206. The number of hydrogen-bond acceptors (Lipinski definition) is 2. The number of allylic oxidation sites excluding steroid dienone is 1. The molecule has 0 fully saturated rings. The van der Waals surface area contributed by atoms with Crippen molar-refractivity contribution in [1.29, 1.82) is 0 Å². The quantitative estimate of drug-likeness (QED) is 0.614. The van der Waals surface area contributed by atoms with Crippen molar-refractivity contribution >= 4 is 5.78 Å². The lowest BCUT2D eigenvalue weighted by Gasteiger charge is -2.22. The van der Waals surface area contributed by atoms with Crippen LogP contribution < -0.4 is 5.32 Å². The Kier molecular flexibility index (Phi) is 2.45. The van der Waals surface area contributed by atoms with Gasteiger partial charge in [-0.2, -0.15) is 0 Å². The second-order valence-electron chi connectivity index (χ2n) is 3.22. The van der Waals surface area contributed by atoms with Crippen molar-refractivity contribution in [2.75, 3.05) is 7.05 Å². The van der Waals surface area contributed by atoms with Gasteiger partial charge >= 0.3 is 0 Å². The minimum absolute atomic E-state index is 0.299. The number of nitrogens with one attached hydrogen (secondary N) is 1. The highest BCUT2D eigenvalue weighted by Gasteiger charge is 2.20. The summed E-state index contributed by atoms with van der Waals surface area (Å²) in [5.74, 6) is 0.299. The van der Waals surface area contributed by atoms with Crippen molar-refractivity contribution < 1.29 is 4.79 Å². The lowest BCUT2D eigenvalue weighted by molar-refractivity contribution is -0.116. The number of ketones is 1. The number of Topliss-reactive ketones (excluding diaryl/α,β-unsaturated/α-hetero) is 1. The van der Waals surface area contributed by atoms with Gasteiger partial charge in [0.2, 0.25) is 0 Å². The zero-order valence-corrected chi connectivity index (χ0v) is 7.40. The second kappa shape index (κ2) is 3.18. The maximum atomic E-state index is 11.3. The summed E-state index contributed by atoms with van der Waals surface area (Å²) in [4.78, 5) is 11.3. The number of hydrogen-bond donors (Lipinski definition) is 1. The molecule has 0 aromatic carbocycles. The summed E-state index contributed by atoms with van der Waals surface area (Å²) in [5, 5.41) is 3.13. The molecule has 0 aliphatic heterocycles. The molecule has 0 spiro atoms. The van der Waals surface area contributed by atoms with Crippen molar-refractivity contribution in [3.05, 3.63) is 11.1 Å². The summed E-state index contributed by atoms with van der Waals surface area (Å²) in [5.41, 5.74) is 2.21. The molecule has 11 heavy (non-hydrogen) atoms. The first-order chi connectivity index (χ1) is 5.15. The number of rotatable bonds is 1. The third-order valence-electron chi connectivity index (χ3n) is 2.45. The topological polar surface area (TPSA) is 29.1 Å². The van der Waals surface area contributed by atoms with E-state index < -0.39 is 0 Å². The lowest BCUT2D eigenvalue weighted by Crippen LogP contribution is -2.32. The van der Waals surface area contributed by atoms with Crippen molar-refractivity contribution in [3.8, 4) is 0 Å². The molecule has 1 aliphatic rings. The zero-order chi connectivity index (χ0) is 8.43. The summed E-state index contributed by atoms with van der Waals surface area (Å²) in [6.45, 7) is 3.96. The molecule has 1 rings (SSSR count). The monoisotopic (exact) mass is 153 g/mol. The van der Waals surface area contributed by atoms with Crippen LogP contribution in [0.3, 0.4) is 0 Å². The van der Waals surface area contributed by atoms with Gasteiger partial charge in [-0.1, -0.05) is 5.57 Å². The molecule has 0 heterocycles. The van der Waals surface area contributed by atoms with Crippen LogP contribution in [0.25, 0.3) is 0 Å². The lowest BCUT2D eigenvalue weighted by atomic mass is 9.89. The fourth-order valence-electron chi connectivity index (χ4n) is 1.41. The van der Waals surface area contributed by atoms with Crippen LogP contribution in [-0.2, 0) is 4.79 Å². The fourth-order valence-corrected chi connectivity index (χ4v) is 1.41. The molecule has 2 heteroatoms. The number of carbonyl (C=O) groups excluding carboxylic acids is 1. The van der Waals surface area contributed by atoms with Crippen molar-refractivity contribution in [2.24, 2.45) is 0 Å². The molecule has 0 bridgehead atoms. The van der Waals surface area contributed by atoms with Crippen LogP contribution in [-0.4, -0.2) is 18.9 Å². The van der Waals surface area contributed by atoms with Crippen molar-refractivity contribution in [1.82, 2.24) is 5.32 Å². The van der Waals surface area contributed by atoms with Crippen LogP contribution in [0.2, 0.25) is 0 Å². The number of carbonyl (C=O) groups is 1. The molecule has 1 atom stereocenters. The summed E-state index contributed by atoms with van der Waals surface area (Å²) < 4.78 is 0. The average Bonchev–Trinajstić information content (AvgIpc) is 1.99. The van der Waals surface area contributed by atoms with E-state index in [9.17, 15) is 4.79 Å². The highest BCUT2D eigenvalue weighted by atomic mass is 16.1. The third-order valence-corrected chi connectivity index (χ3v) is 2.45. The van der Waals surface area contributed by atoms with Crippen LogP contribution in [0.5, 0.6) is 0 Å². The van der Waals surface area contributed by atoms with Crippen LogP contribution in [0, 0.1) is 0 Å². The Morgan fingerprint density at radius 1 is 1.36 bits per heavy atom. The van der Waals surface area contributed by atoms with Gasteiger partial charge in [0.25, 0.3) is 0 Å². The Balaban J connectivity index is 2.76. The average molecular weight is 153 g/mol. The van der Waals surface area contributed by atoms with Gasteiger partial charge in [-0.25, -0.2) is 0 Å². The van der Waals surface area contributed by atoms with Crippen LogP contribution in [0.15, 0.2) is 11.1 Å². The van der Waals surface area contributed by atoms with Gasteiger partial charge in [-0.3, -0.25) is 4.79 Å². The SMILES string of the molecule is CNC1CC(=O)C(C)=C(C)C1. The standard InChI is InChI=1S/C9H15NO/c1-6-4-8(10-3)5-9(11)7(6)2/h8,10H,4-5H2,1-3H3. The Hall–Kier alpha value is -0.630. The van der Waals surface area contributed by atoms with Gasteiger partial charge in [-0.15, -0.1) is 0 Å². The first-order valence-electron chi connectivity index (χ1n) is 4.02. The minimum Gasteiger partial charge on any atom is -0.316 e. The maximum absolute atomic E-state index is 11.3. The zero-order valence-electron chi connectivity index (χ0n) is 7.40. The fraction of sp³-hybridized carbons (Fsp3) is 0.667. The van der Waals surface area contributed by atoms with Gasteiger partial charge < -0.3 is 5.32 Å². The predicted octanol–water partition coefficient (Wildman–Crippen LogP) is 1.27. The summed E-state index contributed by atoms with van der Waals surface area (Å²) in [7, 11) is 1.91. The van der Waals surface area contributed by atoms with E-state index in [0.717, 1.165) is 12.0 Å². The Labute approximate surface area is 67.7 Å². The van der Waals surface area contributed by atoms with Crippen molar-refractivity contribution in [2.45, 2.75) is 32.7 Å². The molecule has 0 aromatic heterocycles. The Morgan fingerprint density at radius 3 is 2.45 bits per heavy atom. The van der Waals surface area contributed by atoms with E-state index in [1.165, 1.54) is 5.57 Å². The van der Waals surface area contributed by atoms with Gasteiger partial charge in [0.05, 0.1) is 0 Å². The molecule has 2 nitrogen and oxygen atoms in total. The van der Waals surface area contributed by atoms with E-state index in [1.807, 2.05) is 20.9 Å². The normalized spacial score (nSPS) is 26.1. The third kappa shape index (κ3) is 1.69. The molecular weight excluding hydrogens is 138 g/mol. The van der Waals surface area contributed by atoms with E-state index in [4.69, 9.17) is 0 Å². The molecule has 0 aromatic rings. The van der Waals surface area contributed by atoms with Crippen LogP contribution in [0.4, 0.5) is 0 Å². The second-order valence-corrected chi connectivity index (χ2v) is 3.22. The summed E-state index contributed by atoms with van der Waals surface area (Å²) >= 11 is 0. The smallest absolute Gasteiger partial charge is 0.160 e. The molecule has 0 radical (unpaired) electrons. The molecule has 1 N–H and O–H groups in total. The molecule has 0 amide bonds. The Morgan fingerprint density at radius 2 is 2.00 bits per heavy atom. The first-order valence-corrected chi connectivity index (χ1v) is 4.02. The van der Waals surface area contributed by atoms with Gasteiger partial charge in [0.15, 0.2) is 5.78 Å². The first kappa shape index (κ1) is 8.47. The molecule has 0 saturated carbocycles. The highest BCUT2D eigenvalue weighted by molar-refractivity contribution is 5.96. The summed E-state index contributed by atoms with van der Waals surface area (Å²) in [6, 6.07) is 0.367. The van der Waals surface area contributed by atoms with E-state index in [2.05, 4.69) is 5.32 Å². The minimum atomic E-state index is 0.299. The largest absolute Gasteiger partial charge is 0.316 e. The highest BCUT2D eigenvalue weighted by Crippen LogP contribution is 2.20. The molecule has 0 saturated heterocycles. The van der Waals surface area contributed by atoms with Crippen LogP contribution >= 0.6 is 0 Å². The molecule has 1 unspecified atom stereocenters. The molecular formula is C9H15NO. The van der Waals surface area contributed by atoms with Crippen LogP contribution in [0.1, 0.15) is 26.7 Å². The van der Waals surface area contributed by atoms with E-state index >= 15 is 0 Å². The maximum Gasteiger partial charge on any atom is 0.160 e.